The van der Waals surface area contributed by atoms with E-state index in [4.69, 9.17) is 14.2 Å². The molecule has 0 saturated carbocycles. The number of amides is 1. The summed E-state index contributed by atoms with van der Waals surface area (Å²) in [5, 5.41) is 57.2. The molecular formula is C70H133NO10. The number of carbonyl (C=O) groups is 2. The number of carbonyl (C=O) groups excluding carboxylic acids is 2. The molecule has 0 radical (unpaired) electrons. The lowest BCUT2D eigenvalue weighted by Gasteiger charge is -2.41. The van der Waals surface area contributed by atoms with Gasteiger partial charge in [0.05, 0.1) is 25.4 Å². The molecule has 8 atom stereocenters. The van der Waals surface area contributed by atoms with Crippen molar-refractivity contribution in [1.82, 2.24) is 5.32 Å². The van der Waals surface area contributed by atoms with Crippen molar-refractivity contribution >= 4 is 11.9 Å². The van der Waals surface area contributed by atoms with Crippen LogP contribution >= 0.6 is 0 Å². The van der Waals surface area contributed by atoms with Gasteiger partial charge in [0.15, 0.2) is 12.4 Å². The van der Waals surface area contributed by atoms with Gasteiger partial charge in [-0.2, -0.15) is 0 Å². The third-order valence-electron chi connectivity index (χ3n) is 16.9. The summed E-state index contributed by atoms with van der Waals surface area (Å²) >= 11 is 0. The average molecular weight is 1150 g/mol. The summed E-state index contributed by atoms with van der Waals surface area (Å²) in [6.45, 7) is 5.84. The van der Waals surface area contributed by atoms with E-state index in [1.165, 1.54) is 244 Å². The van der Waals surface area contributed by atoms with Gasteiger partial charge in [-0.05, 0) is 51.4 Å². The Morgan fingerprint density at radius 2 is 0.815 bits per heavy atom. The summed E-state index contributed by atoms with van der Waals surface area (Å²) in [6.07, 6.45) is 59.4. The molecule has 478 valence electrons. The second-order valence-corrected chi connectivity index (χ2v) is 24.6. The predicted octanol–water partition coefficient (Wildman–Crippen LogP) is 17.6. The SMILES string of the molecule is CCCCCCCC/C=C/CCCCCCCCCCCCCCCCCC(=O)OC1C(OCC(NC(=O)C(O)CCCCCCCCCCCCCCCC)C(O)/C=C/CCCCCCCCCCCCC)OC(CO)C(O)C1O. The molecule has 1 fully saturated rings. The van der Waals surface area contributed by atoms with Gasteiger partial charge in [0, 0.05) is 6.42 Å². The highest BCUT2D eigenvalue weighted by Crippen LogP contribution is 2.26. The van der Waals surface area contributed by atoms with Crippen molar-refractivity contribution in [3.8, 4) is 0 Å². The van der Waals surface area contributed by atoms with Crippen LogP contribution in [0, 0.1) is 0 Å². The number of esters is 1. The smallest absolute Gasteiger partial charge is 0.306 e. The fourth-order valence-corrected chi connectivity index (χ4v) is 11.3. The summed E-state index contributed by atoms with van der Waals surface area (Å²) in [7, 11) is 0. The first-order valence-electron chi connectivity index (χ1n) is 35.1. The van der Waals surface area contributed by atoms with Crippen LogP contribution in [0.1, 0.15) is 348 Å². The van der Waals surface area contributed by atoms with Crippen LogP contribution in [0.2, 0.25) is 0 Å². The molecule has 11 heteroatoms. The van der Waals surface area contributed by atoms with Crippen LogP contribution in [0.4, 0.5) is 0 Å². The van der Waals surface area contributed by atoms with Crippen molar-refractivity contribution in [3.05, 3.63) is 24.3 Å². The molecule has 1 amide bonds. The number of allylic oxidation sites excluding steroid dienone is 3. The molecule has 8 unspecified atom stereocenters. The first kappa shape index (κ1) is 77.2. The van der Waals surface area contributed by atoms with Crippen LogP contribution in [0.25, 0.3) is 0 Å². The Bertz CT molecular complexity index is 1410. The third-order valence-corrected chi connectivity index (χ3v) is 16.9. The maximum Gasteiger partial charge on any atom is 0.306 e. The highest BCUT2D eigenvalue weighted by Gasteiger charge is 2.47. The van der Waals surface area contributed by atoms with E-state index in [-0.39, 0.29) is 13.0 Å². The molecule has 1 aliphatic rings. The fraction of sp³-hybridized carbons (Fsp3) is 0.914. The van der Waals surface area contributed by atoms with Crippen molar-refractivity contribution in [2.75, 3.05) is 13.2 Å². The molecular weight excluding hydrogens is 1010 g/mol. The lowest BCUT2D eigenvalue weighted by molar-refractivity contribution is -0.305. The number of rotatable bonds is 61. The van der Waals surface area contributed by atoms with E-state index >= 15 is 0 Å². The standard InChI is InChI=1S/C70H133NO10/c1-4-7-10-13-16-19-22-25-27-28-29-30-31-32-33-34-35-36-37-40-43-46-49-52-55-58-65(75)81-68-67(77)66(76)64(59-72)80-70(68)79-60-61(62(73)56-53-50-47-44-41-38-24-21-18-15-12-9-6-3)71-69(78)63(74)57-54-51-48-45-42-39-26-23-20-17-14-11-8-5-2/h25,27,53,56,61-64,66-68,70,72-74,76-77H,4-24,26,28-52,54-55,57-60H2,1-3H3,(H,71,78)/b27-25+,56-53+. The van der Waals surface area contributed by atoms with E-state index in [0.717, 1.165) is 57.8 Å². The van der Waals surface area contributed by atoms with E-state index in [9.17, 15) is 35.1 Å². The molecule has 0 aliphatic carbocycles. The molecule has 81 heavy (non-hydrogen) atoms. The predicted molar refractivity (Wildman–Crippen MR) is 338 cm³/mol. The fourth-order valence-electron chi connectivity index (χ4n) is 11.3. The summed E-state index contributed by atoms with van der Waals surface area (Å²) in [6, 6.07) is -1.02. The van der Waals surface area contributed by atoms with Gasteiger partial charge < -0.3 is 45.1 Å². The zero-order chi connectivity index (χ0) is 58.9. The first-order valence-corrected chi connectivity index (χ1v) is 35.1. The molecule has 0 bridgehead atoms. The minimum atomic E-state index is -1.61. The second-order valence-electron chi connectivity index (χ2n) is 24.6. The Kier molecular flexibility index (Phi) is 55.7. The zero-order valence-electron chi connectivity index (χ0n) is 53.2. The van der Waals surface area contributed by atoms with Crippen molar-refractivity contribution in [3.63, 3.8) is 0 Å². The minimum Gasteiger partial charge on any atom is -0.454 e. The summed E-state index contributed by atoms with van der Waals surface area (Å²) in [5.41, 5.74) is 0. The van der Waals surface area contributed by atoms with Gasteiger partial charge in [-0.25, -0.2) is 0 Å². The molecule has 0 aromatic heterocycles. The lowest BCUT2D eigenvalue weighted by atomic mass is 9.99. The van der Waals surface area contributed by atoms with Gasteiger partial charge in [-0.15, -0.1) is 0 Å². The van der Waals surface area contributed by atoms with E-state index in [2.05, 4.69) is 38.2 Å². The average Bonchev–Trinajstić information content (AvgIpc) is 3.47. The van der Waals surface area contributed by atoms with E-state index in [0.29, 0.717) is 19.3 Å². The van der Waals surface area contributed by atoms with Gasteiger partial charge in [0.2, 0.25) is 5.91 Å². The number of aliphatic hydroxyl groups is 5. The minimum absolute atomic E-state index is 0.129. The maximum atomic E-state index is 13.4. The Morgan fingerprint density at radius 1 is 0.469 bits per heavy atom. The van der Waals surface area contributed by atoms with Crippen molar-refractivity contribution in [2.45, 2.75) is 397 Å². The highest BCUT2D eigenvalue weighted by molar-refractivity contribution is 5.80. The number of hydrogen-bond acceptors (Lipinski definition) is 10. The quantitative estimate of drug-likeness (QED) is 0.0195. The number of hydrogen-bond donors (Lipinski definition) is 6. The summed E-state index contributed by atoms with van der Waals surface area (Å²) < 4.78 is 17.7. The number of nitrogens with one attached hydrogen (secondary N) is 1. The Balaban J connectivity index is 2.55. The first-order chi connectivity index (χ1) is 39.7. The van der Waals surface area contributed by atoms with E-state index in [1.54, 1.807) is 6.08 Å². The second kappa shape index (κ2) is 58.5. The van der Waals surface area contributed by atoms with Gasteiger partial charge in [-0.1, -0.05) is 315 Å². The van der Waals surface area contributed by atoms with Gasteiger partial charge in [0.1, 0.15) is 24.4 Å². The normalized spacial score (nSPS) is 18.7. The molecule has 0 spiro atoms. The van der Waals surface area contributed by atoms with Crippen LogP contribution in [-0.4, -0.2) is 99.6 Å². The van der Waals surface area contributed by atoms with E-state index < -0.39 is 67.4 Å². The summed E-state index contributed by atoms with van der Waals surface area (Å²) in [5.74, 6) is -1.18. The van der Waals surface area contributed by atoms with Crippen LogP contribution < -0.4 is 5.32 Å². The largest absolute Gasteiger partial charge is 0.454 e. The van der Waals surface area contributed by atoms with Gasteiger partial charge in [-0.3, -0.25) is 9.59 Å². The van der Waals surface area contributed by atoms with Crippen molar-refractivity contribution < 1.29 is 49.3 Å². The lowest BCUT2D eigenvalue weighted by Crippen LogP contribution is -2.61. The van der Waals surface area contributed by atoms with Gasteiger partial charge >= 0.3 is 5.97 Å². The van der Waals surface area contributed by atoms with Crippen LogP contribution in [0.15, 0.2) is 24.3 Å². The third kappa shape index (κ3) is 46.1. The highest BCUT2D eigenvalue weighted by atomic mass is 16.7. The Labute approximate surface area is 499 Å². The monoisotopic (exact) mass is 1150 g/mol. The molecule has 11 nitrogen and oxygen atoms in total. The molecule has 1 saturated heterocycles. The molecule has 0 aromatic carbocycles. The van der Waals surface area contributed by atoms with Crippen molar-refractivity contribution in [2.24, 2.45) is 0 Å². The van der Waals surface area contributed by atoms with Gasteiger partial charge in [0.25, 0.3) is 0 Å². The number of aliphatic hydroxyl groups excluding tert-OH is 5. The zero-order valence-corrected chi connectivity index (χ0v) is 53.2. The molecule has 0 aromatic rings. The molecule has 1 heterocycles. The topological polar surface area (TPSA) is 175 Å². The van der Waals surface area contributed by atoms with Crippen molar-refractivity contribution in [1.29, 1.82) is 0 Å². The Hall–Kier alpha value is -1.86. The van der Waals surface area contributed by atoms with E-state index in [1.807, 2.05) is 6.08 Å². The number of ether oxygens (including phenoxy) is 3. The number of unbranched alkanes of at least 4 members (excludes halogenated alkanes) is 45. The Morgan fingerprint density at radius 3 is 1.20 bits per heavy atom. The molecule has 1 rings (SSSR count). The van der Waals surface area contributed by atoms with Crippen LogP contribution in [0.5, 0.6) is 0 Å². The summed E-state index contributed by atoms with van der Waals surface area (Å²) in [4.78, 5) is 26.6. The molecule has 1 aliphatic heterocycles. The van der Waals surface area contributed by atoms with Crippen LogP contribution in [0.3, 0.4) is 0 Å². The molecule has 6 N–H and O–H groups in total. The van der Waals surface area contributed by atoms with Crippen LogP contribution in [-0.2, 0) is 23.8 Å². The maximum absolute atomic E-state index is 13.4.